The summed E-state index contributed by atoms with van der Waals surface area (Å²) in [6.07, 6.45) is 4.94. The first-order chi connectivity index (χ1) is 17.8. The van der Waals surface area contributed by atoms with Gasteiger partial charge in [0.1, 0.15) is 11.5 Å². The molecule has 2 N–H and O–H groups in total. The Labute approximate surface area is 217 Å². The van der Waals surface area contributed by atoms with Crippen molar-refractivity contribution in [1.29, 1.82) is 0 Å². The molecule has 0 saturated carbocycles. The van der Waals surface area contributed by atoms with Gasteiger partial charge in [0.2, 0.25) is 11.9 Å². The SMILES string of the molecule is CC(=O)c1ccc(F)c(C(C)Nc2c(Cl)cnc3ccc(-c4cnc(N5CCNC(=O)C5)nc4)cc23)n1. The molecular formula is C26H23ClFN7O2. The number of carbonyl (C=O) groups is 2. The zero-order valence-corrected chi connectivity index (χ0v) is 20.9. The van der Waals surface area contributed by atoms with Crippen LogP contribution in [-0.2, 0) is 4.79 Å². The summed E-state index contributed by atoms with van der Waals surface area (Å²) in [5.74, 6) is -0.344. The third kappa shape index (κ3) is 5.05. The van der Waals surface area contributed by atoms with Crippen LogP contribution in [0.4, 0.5) is 16.0 Å². The van der Waals surface area contributed by atoms with Crippen LogP contribution < -0.4 is 15.5 Å². The molecule has 1 aromatic carbocycles. The van der Waals surface area contributed by atoms with Gasteiger partial charge in [-0.25, -0.2) is 19.3 Å². The van der Waals surface area contributed by atoms with Crippen LogP contribution in [0.1, 0.15) is 36.1 Å². The summed E-state index contributed by atoms with van der Waals surface area (Å²) in [7, 11) is 0. The number of nitrogens with zero attached hydrogens (tertiary/aromatic N) is 5. The number of benzene rings is 1. The number of hydrogen-bond acceptors (Lipinski definition) is 8. The molecule has 1 atom stereocenters. The predicted molar refractivity (Wildman–Crippen MR) is 139 cm³/mol. The monoisotopic (exact) mass is 519 g/mol. The molecule has 11 heteroatoms. The largest absolute Gasteiger partial charge is 0.375 e. The number of nitrogens with one attached hydrogen (secondary N) is 2. The van der Waals surface area contributed by atoms with E-state index in [1.54, 1.807) is 19.3 Å². The second-order valence-corrected chi connectivity index (χ2v) is 9.15. The van der Waals surface area contributed by atoms with Crippen LogP contribution in [0.5, 0.6) is 0 Å². The number of aromatic nitrogens is 4. The molecule has 1 aliphatic rings. The number of Topliss-reactive ketones (excluding diaryl/α,β-unsaturated/α-hetero) is 1. The summed E-state index contributed by atoms with van der Waals surface area (Å²) in [6.45, 7) is 4.54. The lowest BCUT2D eigenvalue weighted by molar-refractivity contribution is -0.120. The molecule has 188 valence electrons. The molecule has 4 aromatic rings. The first kappa shape index (κ1) is 24.5. The Morgan fingerprint density at radius 2 is 1.92 bits per heavy atom. The Kier molecular flexibility index (Phi) is 6.66. The lowest BCUT2D eigenvalue weighted by atomic mass is 10.0. The van der Waals surface area contributed by atoms with E-state index in [0.717, 1.165) is 16.5 Å². The first-order valence-electron chi connectivity index (χ1n) is 11.7. The van der Waals surface area contributed by atoms with Crippen molar-refractivity contribution in [3.05, 3.63) is 71.2 Å². The quantitative estimate of drug-likeness (QED) is 0.365. The highest BCUT2D eigenvalue weighted by Gasteiger charge is 2.20. The molecule has 9 nitrogen and oxygen atoms in total. The third-order valence-electron chi connectivity index (χ3n) is 6.12. The number of rotatable bonds is 6. The number of piperazine rings is 1. The highest BCUT2D eigenvalue weighted by Crippen LogP contribution is 2.35. The van der Waals surface area contributed by atoms with Crippen molar-refractivity contribution in [1.82, 2.24) is 25.3 Å². The van der Waals surface area contributed by atoms with Gasteiger partial charge in [-0.15, -0.1) is 0 Å². The summed E-state index contributed by atoms with van der Waals surface area (Å²) in [5, 5.41) is 7.11. The third-order valence-corrected chi connectivity index (χ3v) is 6.41. The number of amides is 1. The fourth-order valence-electron chi connectivity index (χ4n) is 4.18. The number of anilines is 2. The lowest BCUT2D eigenvalue weighted by Gasteiger charge is -2.26. The van der Waals surface area contributed by atoms with Crippen molar-refractivity contribution in [3.63, 3.8) is 0 Å². The van der Waals surface area contributed by atoms with Crippen molar-refractivity contribution < 1.29 is 14.0 Å². The van der Waals surface area contributed by atoms with Gasteiger partial charge in [0.25, 0.3) is 0 Å². The van der Waals surface area contributed by atoms with Crippen molar-refractivity contribution in [2.45, 2.75) is 19.9 Å². The van der Waals surface area contributed by atoms with E-state index >= 15 is 0 Å². The minimum absolute atomic E-state index is 0.0600. The zero-order chi connectivity index (χ0) is 26.1. The zero-order valence-electron chi connectivity index (χ0n) is 20.1. The molecule has 1 amide bonds. The molecule has 1 aliphatic heterocycles. The van der Waals surface area contributed by atoms with Crippen LogP contribution in [0.2, 0.25) is 5.02 Å². The van der Waals surface area contributed by atoms with Gasteiger partial charge in [-0.3, -0.25) is 14.6 Å². The lowest BCUT2D eigenvalue weighted by Crippen LogP contribution is -2.48. The molecule has 0 bridgehead atoms. The summed E-state index contributed by atoms with van der Waals surface area (Å²) in [5.41, 5.74) is 3.15. The van der Waals surface area contributed by atoms with Crippen LogP contribution >= 0.6 is 11.6 Å². The topological polar surface area (TPSA) is 113 Å². The van der Waals surface area contributed by atoms with Gasteiger partial charge in [0.15, 0.2) is 5.78 Å². The number of carbonyl (C=O) groups excluding carboxylic acids is 2. The maximum atomic E-state index is 14.6. The fourth-order valence-corrected chi connectivity index (χ4v) is 4.39. The fraction of sp³-hybridized carbons (Fsp3) is 0.231. The molecule has 0 aliphatic carbocycles. The van der Waals surface area contributed by atoms with Crippen LogP contribution in [-0.4, -0.2) is 51.3 Å². The van der Waals surface area contributed by atoms with Crippen LogP contribution in [0.15, 0.2) is 48.9 Å². The van der Waals surface area contributed by atoms with E-state index in [1.807, 2.05) is 23.1 Å². The van der Waals surface area contributed by atoms with Gasteiger partial charge in [-0.05, 0) is 36.8 Å². The van der Waals surface area contributed by atoms with E-state index in [0.29, 0.717) is 35.3 Å². The van der Waals surface area contributed by atoms with Gasteiger partial charge < -0.3 is 15.5 Å². The van der Waals surface area contributed by atoms with Gasteiger partial charge in [0, 0.05) is 49.6 Å². The Bertz CT molecular complexity index is 1510. The maximum Gasteiger partial charge on any atom is 0.239 e. The number of fused-ring (bicyclic) bond motifs is 1. The van der Waals surface area contributed by atoms with E-state index in [2.05, 4.69) is 30.6 Å². The Balaban J connectivity index is 1.47. The second kappa shape index (κ2) is 10.1. The molecule has 1 unspecified atom stereocenters. The van der Waals surface area contributed by atoms with E-state index in [1.165, 1.54) is 25.3 Å². The highest BCUT2D eigenvalue weighted by atomic mass is 35.5. The summed E-state index contributed by atoms with van der Waals surface area (Å²) < 4.78 is 14.6. The number of halogens is 2. The predicted octanol–water partition coefficient (Wildman–Crippen LogP) is 4.19. The molecule has 4 heterocycles. The smallest absolute Gasteiger partial charge is 0.239 e. The van der Waals surface area contributed by atoms with Crippen molar-refractivity contribution >= 4 is 45.8 Å². The van der Waals surface area contributed by atoms with Crippen LogP contribution in [0, 0.1) is 5.82 Å². The van der Waals surface area contributed by atoms with E-state index in [4.69, 9.17) is 11.6 Å². The van der Waals surface area contributed by atoms with Crippen molar-refractivity contribution in [2.24, 2.45) is 0 Å². The van der Waals surface area contributed by atoms with E-state index < -0.39 is 11.9 Å². The van der Waals surface area contributed by atoms with Gasteiger partial charge in [-0.1, -0.05) is 17.7 Å². The van der Waals surface area contributed by atoms with E-state index in [-0.39, 0.29) is 29.6 Å². The molecule has 0 radical (unpaired) electrons. The van der Waals surface area contributed by atoms with E-state index in [9.17, 15) is 14.0 Å². The number of hydrogen-bond donors (Lipinski definition) is 2. The van der Waals surface area contributed by atoms with Crippen molar-refractivity contribution in [3.8, 4) is 11.1 Å². The van der Waals surface area contributed by atoms with Gasteiger partial charge >= 0.3 is 0 Å². The summed E-state index contributed by atoms with van der Waals surface area (Å²) in [6, 6.07) is 7.68. The second-order valence-electron chi connectivity index (χ2n) is 8.74. The minimum Gasteiger partial charge on any atom is -0.375 e. The number of ketones is 1. The molecule has 37 heavy (non-hydrogen) atoms. The Hall–Kier alpha value is -4.18. The highest BCUT2D eigenvalue weighted by molar-refractivity contribution is 6.34. The first-order valence-corrected chi connectivity index (χ1v) is 12.0. The van der Waals surface area contributed by atoms with Gasteiger partial charge in [-0.2, -0.15) is 0 Å². The minimum atomic E-state index is -0.588. The van der Waals surface area contributed by atoms with Crippen LogP contribution in [0.3, 0.4) is 0 Å². The van der Waals surface area contributed by atoms with Crippen LogP contribution in [0.25, 0.3) is 22.0 Å². The molecule has 3 aromatic heterocycles. The summed E-state index contributed by atoms with van der Waals surface area (Å²) in [4.78, 5) is 42.8. The number of pyridine rings is 2. The maximum absolute atomic E-state index is 14.6. The molecular weight excluding hydrogens is 497 g/mol. The molecule has 0 spiro atoms. The Morgan fingerprint density at radius 1 is 1.14 bits per heavy atom. The molecule has 1 saturated heterocycles. The Morgan fingerprint density at radius 3 is 2.65 bits per heavy atom. The summed E-state index contributed by atoms with van der Waals surface area (Å²) >= 11 is 6.52. The van der Waals surface area contributed by atoms with Crippen molar-refractivity contribution in [2.75, 3.05) is 29.9 Å². The normalized spacial score (nSPS) is 14.4. The standard InChI is InChI=1S/C26H23ClFN7O2/c1-14(24-20(28)4-6-21(34-24)15(2)36)33-25-18-9-16(3-5-22(18)30-12-19(25)27)17-10-31-26(32-11-17)35-8-7-29-23(37)13-35/h3-6,9-12,14H,7-8,13H2,1-2H3,(H,29,37)(H,30,33). The average molecular weight is 520 g/mol. The average Bonchev–Trinajstić information content (AvgIpc) is 2.90. The molecule has 5 rings (SSSR count). The molecule has 1 fully saturated rings. The van der Waals surface area contributed by atoms with Gasteiger partial charge in [0.05, 0.1) is 34.5 Å².